The fourth-order valence-corrected chi connectivity index (χ4v) is 1.58. The first kappa shape index (κ1) is 9.59. The Kier molecular flexibility index (Phi) is 2.59. The Labute approximate surface area is 89.7 Å². The van der Waals surface area contributed by atoms with E-state index >= 15 is 0 Å². The monoisotopic (exact) mass is 198 g/mol. The van der Waals surface area contributed by atoms with Crippen LogP contribution in [-0.4, -0.2) is 7.05 Å². The summed E-state index contributed by atoms with van der Waals surface area (Å²) in [4.78, 5) is 0. The number of hydrogen-bond donors (Lipinski definition) is 2. The zero-order valence-corrected chi connectivity index (χ0v) is 8.70. The smallest absolute Gasteiger partial charge is 0.0393 e. The molecule has 0 heterocycles. The fraction of sp³-hybridized carbons (Fsp3) is 0.0769. The van der Waals surface area contributed by atoms with Crippen molar-refractivity contribution in [3.8, 4) is 11.1 Å². The van der Waals surface area contributed by atoms with E-state index in [1.807, 2.05) is 43.4 Å². The van der Waals surface area contributed by atoms with Gasteiger partial charge in [0.2, 0.25) is 0 Å². The van der Waals surface area contributed by atoms with Crippen LogP contribution in [0.25, 0.3) is 11.1 Å². The Hall–Kier alpha value is -1.96. The molecule has 2 rings (SSSR count). The molecule has 0 saturated heterocycles. The number of anilines is 2. The van der Waals surface area contributed by atoms with Crippen LogP contribution in [0.4, 0.5) is 11.4 Å². The van der Waals surface area contributed by atoms with Crippen LogP contribution in [-0.2, 0) is 0 Å². The van der Waals surface area contributed by atoms with Crippen molar-refractivity contribution in [2.24, 2.45) is 0 Å². The maximum atomic E-state index is 5.91. The average molecular weight is 198 g/mol. The van der Waals surface area contributed by atoms with Crippen LogP contribution in [0.1, 0.15) is 0 Å². The molecule has 0 radical (unpaired) electrons. The van der Waals surface area contributed by atoms with Crippen molar-refractivity contribution in [3.63, 3.8) is 0 Å². The lowest BCUT2D eigenvalue weighted by molar-refractivity contribution is 1.51. The molecule has 0 aliphatic carbocycles. The Bertz CT molecular complexity index is 446. The predicted molar refractivity (Wildman–Crippen MR) is 65.8 cm³/mol. The maximum absolute atomic E-state index is 5.91. The second-order valence-electron chi connectivity index (χ2n) is 3.41. The van der Waals surface area contributed by atoms with Gasteiger partial charge in [-0.3, -0.25) is 0 Å². The SMILES string of the molecule is CNc1ccc(-c2ccccc2N)cc1. The summed E-state index contributed by atoms with van der Waals surface area (Å²) in [6.07, 6.45) is 0. The summed E-state index contributed by atoms with van der Waals surface area (Å²) < 4.78 is 0. The second-order valence-corrected chi connectivity index (χ2v) is 3.41. The Balaban J connectivity index is 2.42. The van der Waals surface area contributed by atoms with E-state index in [0.717, 1.165) is 22.5 Å². The molecule has 0 atom stereocenters. The molecule has 0 aromatic heterocycles. The summed E-state index contributed by atoms with van der Waals surface area (Å²) in [5, 5.41) is 3.09. The summed E-state index contributed by atoms with van der Waals surface area (Å²) in [5.41, 5.74) is 10.1. The summed E-state index contributed by atoms with van der Waals surface area (Å²) in [6.45, 7) is 0. The van der Waals surface area contributed by atoms with Crippen molar-refractivity contribution in [1.82, 2.24) is 0 Å². The molecule has 0 aliphatic heterocycles. The lowest BCUT2D eigenvalue weighted by Crippen LogP contribution is -1.90. The molecule has 2 aromatic carbocycles. The van der Waals surface area contributed by atoms with E-state index in [2.05, 4.69) is 17.4 Å². The molecule has 0 aliphatic rings. The van der Waals surface area contributed by atoms with E-state index in [-0.39, 0.29) is 0 Å². The van der Waals surface area contributed by atoms with E-state index in [1.165, 1.54) is 0 Å². The third-order valence-electron chi connectivity index (χ3n) is 2.45. The topological polar surface area (TPSA) is 38.0 Å². The molecular formula is C13H14N2. The minimum atomic E-state index is 0.815. The molecule has 15 heavy (non-hydrogen) atoms. The normalized spacial score (nSPS) is 9.93. The molecule has 2 nitrogen and oxygen atoms in total. The van der Waals surface area contributed by atoms with Crippen molar-refractivity contribution >= 4 is 11.4 Å². The lowest BCUT2D eigenvalue weighted by atomic mass is 10.0. The number of nitrogens with one attached hydrogen (secondary N) is 1. The number of benzene rings is 2. The summed E-state index contributed by atoms with van der Waals surface area (Å²) >= 11 is 0. The van der Waals surface area contributed by atoms with Gasteiger partial charge in [0.15, 0.2) is 0 Å². The number of hydrogen-bond acceptors (Lipinski definition) is 2. The van der Waals surface area contributed by atoms with E-state index < -0.39 is 0 Å². The highest BCUT2D eigenvalue weighted by Gasteiger charge is 2.00. The third-order valence-corrected chi connectivity index (χ3v) is 2.45. The highest BCUT2D eigenvalue weighted by atomic mass is 14.8. The summed E-state index contributed by atoms with van der Waals surface area (Å²) in [6, 6.07) is 16.1. The zero-order chi connectivity index (χ0) is 10.7. The van der Waals surface area contributed by atoms with Crippen molar-refractivity contribution in [2.75, 3.05) is 18.1 Å². The number of para-hydroxylation sites is 1. The Morgan fingerprint density at radius 3 is 2.20 bits per heavy atom. The van der Waals surface area contributed by atoms with Crippen LogP contribution in [0.2, 0.25) is 0 Å². The van der Waals surface area contributed by atoms with Crippen molar-refractivity contribution in [3.05, 3.63) is 48.5 Å². The average Bonchev–Trinajstić information content (AvgIpc) is 2.30. The first-order valence-corrected chi connectivity index (χ1v) is 4.94. The van der Waals surface area contributed by atoms with Crippen LogP contribution in [0.3, 0.4) is 0 Å². The molecule has 0 bridgehead atoms. The third kappa shape index (κ3) is 1.94. The predicted octanol–water partition coefficient (Wildman–Crippen LogP) is 2.98. The summed E-state index contributed by atoms with van der Waals surface area (Å²) in [5.74, 6) is 0. The lowest BCUT2D eigenvalue weighted by Gasteiger charge is -2.06. The van der Waals surface area contributed by atoms with Gasteiger partial charge in [0.25, 0.3) is 0 Å². The molecule has 0 unspecified atom stereocenters. The van der Waals surface area contributed by atoms with Crippen molar-refractivity contribution in [2.45, 2.75) is 0 Å². The van der Waals surface area contributed by atoms with Crippen LogP contribution in [0.15, 0.2) is 48.5 Å². The minimum absolute atomic E-state index is 0.815. The van der Waals surface area contributed by atoms with Crippen LogP contribution in [0.5, 0.6) is 0 Å². The van der Waals surface area contributed by atoms with Crippen molar-refractivity contribution < 1.29 is 0 Å². The maximum Gasteiger partial charge on any atom is 0.0393 e. The highest BCUT2D eigenvalue weighted by molar-refractivity contribution is 5.76. The number of nitrogens with two attached hydrogens (primary N) is 1. The molecule has 2 heteroatoms. The van der Waals surface area contributed by atoms with Gasteiger partial charge in [0.05, 0.1) is 0 Å². The van der Waals surface area contributed by atoms with E-state index in [1.54, 1.807) is 0 Å². The Morgan fingerprint density at radius 1 is 0.933 bits per heavy atom. The van der Waals surface area contributed by atoms with E-state index in [4.69, 9.17) is 5.73 Å². The number of nitrogen functional groups attached to an aromatic ring is 1. The van der Waals surface area contributed by atoms with Gasteiger partial charge in [-0.1, -0.05) is 30.3 Å². The van der Waals surface area contributed by atoms with Gasteiger partial charge in [-0.05, 0) is 23.8 Å². The van der Waals surface area contributed by atoms with Crippen LogP contribution >= 0.6 is 0 Å². The van der Waals surface area contributed by atoms with Gasteiger partial charge in [-0.25, -0.2) is 0 Å². The number of rotatable bonds is 2. The van der Waals surface area contributed by atoms with Gasteiger partial charge >= 0.3 is 0 Å². The molecule has 0 amide bonds. The fourth-order valence-electron chi connectivity index (χ4n) is 1.58. The quantitative estimate of drug-likeness (QED) is 0.728. The molecule has 0 fully saturated rings. The van der Waals surface area contributed by atoms with Gasteiger partial charge in [0, 0.05) is 24.0 Å². The standard InChI is InChI=1S/C13H14N2/c1-15-11-8-6-10(7-9-11)12-4-2-3-5-13(12)14/h2-9,15H,14H2,1H3. The first-order chi connectivity index (χ1) is 7.31. The molecule has 2 aromatic rings. The zero-order valence-electron chi connectivity index (χ0n) is 8.70. The summed E-state index contributed by atoms with van der Waals surface area (Å²) in [7, 11) is 1.91. The highest BCUT2D eigenvalue weighted by Crippen LogP contribution is 2.26. The van der Waals surface area contributed by atoms with Gasteiger partial charge in [-0.15, -0.1) is 0 Å². The molecular weight excluding hydrogens is 184 g/mol. The molecule has 76 valence electrons. The van der Waals surface area contributed by atoms with E-state index in [9.17, 15) is 0 Å². The van der Waals surface area contributed by atoms with Gasteiger partial charge in [0.1, 0.15) is 0 Å². The molecule has 0 spiro atoms. The second kappa shape index (κ2) is 4.05. The van der Waals surface area contributed by atoms with Crippen molar-refractivity contribution in [1.29, 1.82) is 0 Å². The van der Waals surface area contributed by atoms with Crippen LogP contribution < -0.4 is 11.1 Å². The first-order valence-electron chi connectivity index (χ1n) is 4.94. The van der Waals surface area contributed by atoms with E-state index in [0.29, 0.717) is 0 Å². The Morgan fingerprint density at radius 2 is 1.60 bits per heavy atom. The van der Waals surface area contributed by atoms with Crippen LogP contribution in [0, 0.1) is 0 Å². The largest absolute Gasteiger partial charge is 0.398 e. The molecule has 3 N–H and O–H groups in total. The minimum Gasteiger partial charge on any atom is -0.398 e. The van der Waals surface area contributed by atoms with Gasteiger partial charge < -0.3 is 11.1 Å². The molecule has 0 saturated carbocycles. The van der Waals surface area contributed by atoms with Gasteiger partial charge in [-0.2, -0.15) is 0 Å².